The lowest BCUT2D eigenvalue weighted by atomic mass is 9.99. The third-order valence-electron chi connectivity index (χ3n) is 4.85. The summed E-state index contributed by atoms with van der Waals surface area (Å²) in [6.45, 7) is 7.03. The van der Waals surface area contributed by atoms with Crippen LogP contribution in [0.5, 0.6) is 5.75 Å². The number of hydrogen-bond acceptors (Lipinski definition) is 5. The first-order valence-corrected chi connectivity index (χ1v) is 10.3. The fourth-order valence-electron chi connectivity index (χ4n) is 3.01. The second-order valence-corrected chi connectivity index (χ2v) is 7.27. The highest BCUT2D eigenvalue weighted by Crippen LogP contribution is 2.22. The zero-order chi connectivity index (χ0) is 21.1. The summed E-state index contributed by atoms with van der Waals surface area (Å²) in [6.07, 6.45) is 2.13. The molecule has 0 unspecified atom stereocenters. The minimum atomic E-state index is 0.453. The maximum absolute atomic E-state index is 5.92. The number of aliphatic imine (C=N–C) groups is 1. The average Bonchev–Trinajstić information content (AvgIpc) is 3.18. The molecule has 0 aliphatic carbocycles. The Bertz CT molecular complexity index is 753. The lowest BCUT2D eigenvalue weighted by Gasteiger charge is -2.15. The number of aromatic nitrogens is 1. The Morgan fingerprint density at radius 1 is 1.17 bits per heavy atom. The molecule has 0 saturated heterocycles. The first-order chi connectivity index (χ1) is 14.1. The van der Waals surface area contributed by atoms with Crippen LogP contribution in [0.15, 0.2) is 39.8 Å². The Morgan fingerprint density at radius 3 is 2.59 bits per heavy atom. The van der Waals surface area contributed by atoms with E-state index in [9.17, 15) is 0 Å². The fourth-order valence-corrected chi connectivity index (χ4v) is 3.01. The first-order valence-electron chi connectivity index (χ1n) is 10.3. The van der Waals surface area contributed by atoms with Gasteiger partial charge in [0.2, 0.25) is 0 Å². The van der Waals surface area contributed by atoms with Crippen molar-refractivity contribution in [3.8, 4) is 5.75 Å². The molecule has 2 rings (SSSR count). The van der Waals surface area contributed by atoms with Crippen LogP contribution in [0.3, 0.4) is 0 Å². The number of ether oxygens (including phenoxy) is 1. The average molecular weight is 402 g/mol. The number of benzene rings is 1. The Balaban J connectivity index is 1.87. The predicted molar refractivity (Wildman–Crippen MR) is 117 cm³/mol. The molecule has 0 radical (unpaired) electrons. The third-order valence-corrected chi connectivity index (χ3v) is 4.85. The van der Waals surface area contributed by atoms with Crippen LogP contribution in [0.2, 0.25) is 0 Å². The van der Waals surface area contributed by atoms with Gasteiger partial charge >= 0.3 is 0 Å². The molecule has 1 aromatic heterocycles. The van der Waals surface area contributed by atoms with Crippen LogP contribution >= 0.6 is 0 Å². The largest absolute Gasteiger partial charge is 0.492 e. The topological polar surface area (TPSA) is 74.9 Å². The molecule has 0 bridgehead atoms. The first kappa shape index (κ1) is 22.7. The molecule has 29 heavy (non-hydrogen) atoms. The lowest BCUT2D eigenvalue weighted by Crippen LogP contribution is -2.36. The van der Waals surface area contributed by atoms with Crippen molar-refractivity contribution in [1.82, 2.24) is 20.7 Å². The minimum Gasteiger partial charge on any atom is -0.492 e. The summed E-state index contributed by atoms with van der Waals surface area (Å²) in [5, 5.41) is 10.8. The predicted octanol–water partition coefficient (Wildman–Crippen LogP) is 3.38. The zero-order valence-corrected chi connectivity index (χ0v) is 18.4. The van der Waals surface area contributed by atoms with Crippen molar-refractivity contribution in [3.05, 3.63) is 47.3 Å². The molecule has 0 saturated carbocycles. The monoisotopic (exact) mass is 401 g/mol. The molecule has 2 aromatic rings. The molecule has 1 aromatic carbocycles. The number of nitrogens with one attached hydrogen (secondary N) is 2. The van der Waals surface area contributed by atoms with Crippen LogP contribution in [0.4, 0.5) is 0 Å². The molecule has 2 N–H and O–H groups in total. The molecular formula is C22H35N5O2. The molecule has 7 heteroatoms. The van der Waals surface area contributed by atoms with Gasteiger partial charge in [0.1, 0.15) is 12.4 Å². The molecule has 7 nitrogen and oxygen atoms in total. The van der Waals surface area contributed by atoms with Gasteiger partial charge in [0.15, 0.2) is 11.7 Å². The van der Waals surface area contributed by atoms with Crippen LogP contribution in [0.25, 0.3) is 0 Å². The van der Waals surface area contributed by atoms with E-state index >= 15 is 0 Å². The van der Waals surface area contributed by atoms with Crippen LogP contribution in [0, 0.1) is 0 Å². The van der Waals surface area contributed by atoms with Gasteiger partial charge in [0.25, 0.3) is 0 Å². The third kappa shape index (κ3) is 7.42. The molecule has 0 spiro atoms. The van der Waals surface area contributed by atoms with E-state index < -0.39 is 0 Å². The van der Waals surface area contributed by atoms with Crippen molar-refractivity contribution < 1.29 is 9.26 Å². The summed E-state index contributed by atoms with van der Waals surface area (Å²) in [6, 6.07) is 10.1. The molecular weight excluding hydrogens is 366 g/mol. The van der Waals surface area contributed by atoms with E-state index in [4.69, 9.17) is 9.26 Å². The minimum absolute atomic E-state index is 0.453. The van der Waals surface area contributed by atoms with E-state index in [-0.39, 0.29) is 0 Å². The van der Waals surface area contributed by atoms with Gasteiger partial charge in [-0.15, -0.1) is 0 Å². The van der Waals surface area contributed by atoms with Crippen molar-refractivity contribution in [2.45, 2.75) is 45.7 Å². The Hall–Kier alpha value is -2.54. The van der Waals surface area contributed by atoms with E-state index in [1.165, 1.54) is 0 Å². The van der Waals surface area contributed by atoms with Crippen LogP contribution in [-0.4, -0.2) is 50.3 Å². The molecule has 0 fully saturated rings. The van der Waals surface area contributed by atoms with E-state index in [0.717, 1.165) is 42.2 Å². The molecule has 0 atom stereocenters. The number of nitrogens with zero attached hydrogens (tertiary/aromatic N) is 3. The SMILES string of the molecule is CCC(CC)c1cc(CNC(=NC)NCc2ccccc2OCCN(C)C)on1. The fraction of sp³-hybridized carbons (Fsp3) is 0.545. The highest BCUT2D eigenvalue weighted by atomic mass is 16.5. The summed E-state index contributed by atoms with van der Waals surface area (Å²) in [5.41, 5.74) is 2.11. The number of para-hydroxylation sites is 1. The van der Waals surface area contributed by atoms with Gasteiger partial charge < -0.3 is 24.8 Å². The van der Waals surface area contributed by atoms with Gasteiger partial charge in [-0.1, -0.05) is 37.2 Å². The molecule has 0 amide bonds. The van der Waals surface area contributed by atoms with Gasteiger partial charge in [-0.2, -0.15) is 0 Å². The quantitative estimate of drug-likeness (QED) is 0.444. The summed E-state index contributed by atoms with van der Waals surface area (Å²) in [7, 11) is 5.83. The second kappa shape index (κ2) is 12.1. The van der Waals surface area contributed by atoms with E-state index in [1.807, 2.05) is 38.4 Å². The number of rotatable bonds is 11. The Labute approximate surface area is 174 Å². The number of likely N-dealkylation sites (N-methyl/N-ethyl adjacent to an activating group) is 1. The standard InChI is InChI=1S/C22H35N5O2/c1-6-17(7-2)20-14-19(29-26-20)16-25-22(23-3)24-15-18-10-8-9-11-21(18)28-13-12-27(4)5/h8-11,14,17H,6-7,12-13,15-16H2,1-5H3,(H2,23,24,25). The van der Waals surface area contributed by atoms with Crippen molar-refractivity contribution >= 4 is 5.96 Å². The highest BCUT2D eigenvalue weighted by Gasteiger charge is 2.13. The van der Waals surface area contributed by atoms with E-state index in [1.54, 1.807) is 7.05 Å². The van der Waals surface area contributed by atoms with Crippen molar-refractivity contribution in [1.29, 1.82) is 0 Å². The van der Waals surface area contributed by atoms with Gasteiger partial charge in [0.05, 0.1) is 12.2 Å². The lowest BCUT2D eigenvalue weighted by molar-refractivity contribution is 0.259. The van der Waals surface area contributed by atoms with Crippen LogP contribution < -0.4 is 15.4 Å². The number of hydrogen-bond donors (Lipinski definition) is 2. The Morgan fingerprint density at radius 2 is 1.90 bits per heavy atom. The second-order valence-electron chi connectivity index (χ2n) is 7.27. The van der Waals surface area contributed by atoms with Gasteiger partial charge in [-0.05, 0) is 33.0 Å². The van der Waals surface area contributed by atoms with Gasteiger partial charge in [0, 0.05) is 37.7 Å². The molecule has 1 heterocycles. The van der Waals surface area contributed by atoms with Crippen LogP contribution in [-0.2, 0) is 13.1 Å². The summed E-state index contributed by atoms with van der Waals surface area (Å²) in [4.78, 5) is 6.39. The summed E-state index contributed by atoms with van der Waals surface area (Å²) < 4.78 is 11.4. The van der Waals surface area contributed by atoms with Crippen molar-refractivity contribution in [2.24, 2.45) is 4.99 Å². The highest BCUT2D eigenvalue weighted by molar-refractivity contribution is 5.79. The Kier molecular flexibility index (Phi) is 9.50. The van der Waals surface area contributed by atoms with Gasteiger partial charge in [-0.25, -0.2) is 0 Å². The smallest absolute Gasteiger partial charge is 0.191 e. The summed E-state index contributed by atoms with van der Waals surface area (Å²) >= 11 is 0. The normalized spacial score (nSPS) is 11.9. The van der Waals surface area contributed by atoms with Crippen molar-refractivity contribution in [3.63, 3.8) is 0 Å². The van der Waals surface area contributed by atoms with E-state index in [2.05, 4.69) is 45.6 Å². The molecule has 160 valence electrons. The molecule has 0 aliphatic rings. The molecule has 0 aliphatic heterocycles. The van der Waals surface area contributed by atoms with Gasteiger partial charge in [-0.3, -0.25) is 4.99 Å². The maximum Gasteiger partial charge on any atom is 0.191 e. The summed E-state index contributed by atoms with van der Waals surface area (Å²) in [5.74, 6) is 2.85. The van der Waals surface area contributed by atoms with Crippen LogP contribution in [0.1, 0.15) is 49.6 Å². The maximum atomic E-state index is 5.92. The number of guanidine groups is 1. The van der Waals surface area contributed by atoms with Crippen molar-refractivity contribution in [2.75, 3.05) is 34.3 Å². The zero-order valence-electron chi connectivity index (χ0n) is 18.4. The van der Waals surface area contributed by atoms with E-state index in [0.29, 0.717) is 31.6 Å².